The van der Waals surface area contributed by atoms with E-state index < -0.39 is 13.1 Å². The highest BCUT2D eigenvalue weighted by atomic mass is 35.5. The van der Waals surface area contributed by atoms with Crippen LogP contribution in [-0.2, 0) is 9.36 Å². The molecule has 2 aromatic rings. The molecule has 0 fully saturated rings. The number of carbonyl (C=O) groups excluding carboxylic acids is 1. The molecule has 1 heterocycles. The lowest BCUT2D eigenvalue weighted by molar-refractivity contribution is -0.131. The van der Waals surface area contributed by atoms with Gasteiger partial charge in [-0.05, 0) is 25.5 Å². The van der Waals surface area contributed by atoms with Gasteiger partial charge in [0.1, 0.15) is 24.4 Å². The van der Waals surface area contributed by atoms with E-state index >= 15 is 0 Å². The van der Waals surface area contributed by atoms with E-state index in [0.29, 0.717) is 16.2 Å². The first-order chi connectivity index (χ1) is 8.79. The average Bonchev–Trinajstić information content (AvgIpc) is 2.27. The monoisotopic (exact) mass is 298 g/mol. The molecule has 0 spiro atoms. The van der Waals surface area contributed by atoms with Crippen LogP contribution in [0.3, 0.4) is 0 Å². The fourth-order valence-electron chi connectivity index (χ4n) is 1.70. The van der Waals surface area contributed by atoms with Gasteiger partial charge in [-0.3, -0.25) is 4.79 Å². The van der Waals surface area contributed by atoms with Crippen molar-refractivity contribution in [3.63, 3.8) is 0 Å². The number of nitrogens with zero attached hydrogens (tertiary/aromatic N) is 2. The fraction of sp³-hybridized carbons (Fsp3) is 0.250. The van der Waals surface area contributed by atoms with Crippen molar-refractivity contribution in [3.05, 3.63) is 23.6 Å². The van der Waals surface area contributed by atoms with Crippen LogP contribution in [0.25, 0.3) is 10.9 Å². The lowest BCUT2D eigenvalue weighted by atomic mass is 10.2. The third-order valence-electron chi connectivity index (χ3n) is 2.50. The van der Waals surface area contributed by atoms with Crippen molar-refractivity contribution in [2.24, 2.45) is 0 Å². The Hall–Kier alpha value is -1.45. The first-order valence-electron chi connectivity index (χ1n) is 5.47. The first-order valence-corrected chi connectivity index (χ1v) is 8.45. The van der Waals surface area contributed by atoms with Crippen LogP contribution in [0.4, 0.5) is 0 Å². The molecule has 0 saturated heterocycles. The molecule has 0 amide bonds. The molecule has 0 aliphatic carbocycles. The quantitative estimate of drug-likeness (QED) is 0.369. The van der Waals surface area contributed by atoms with Gasteiger partial charge in [0.15, 0.2) is 0 Å². The van der Waals surface area contributed by atoms with Crippen molar-refractivity contribution in [2.45, 2.75) is 6.92 Å². The number of hydrogen-bond acceptors (Lipinski definition) is 5. The third-order valence-corrected chi connectivity index (χ3v) is 4.31. The molecule has 0 aliphatic rings. The Kier molecular flexibility index (Phi) is 3.61. The number of carbonyl (C=O) groups is 1. The van der Waals surface area contributed by atoms with Crippen LogP contribution >= 0.6 is 18.7 Å². The van der Waals surface area contributed by atoms with Gasteiger partial charge in [0.25, 0.3) is 0 Å². The van der Waals surface area contributed by atoms with Crippen LogP contribution < -0.4 is 10.0 Å². The van der Waals surface area contributed by atoms with E-state index in [1.165, 1.54) is 13.3 Å². The number of benzene rings is 1. The zero-order chi connectivity index (χ0) is 14.2. The molecule has 0 N–H and O–H groups in total. The Balaban J connectivity index is 2.78. The van der Waals surface area contributed by atoms with E-state index in [0.717, 1.165) is 0 Å². The summed E-state index contributed by atoms with van der Waals surface area (Å²) in [5, 5.41) is 1.27. The smallest absolute Gasteiger partial charge is 0.308 e. The lowest BCUT2D eigenvalue weighted by Gasteiger charge is -2.14. The molecule has 100 valence electrons. The zero-order valence-corrected chi connectivity index (χ0v) is 12.3. The van der Waals surface area contributed by atoms with Gasteiger partial charge < -0.3 is 9.30 Å². The highest BCUT2D eigenvalue weighted by molar-refractivity contribution is 7.70. The van der Waals surface area contributed by atoms with Gasteiger partial charge in [-0.2, -0.15) is 0 Å². The van der Waals surface area contributed by atoms with Crippen LogP contribution in [0, 0.1) is 0 Å². The van der Waals surface area contributed by atoms with Crippen LogP contribution in [0.15, 0.2) is 18.5 Å². The van der Waals surface area contributed by atoms with Gasteiger partial charge in [-0.25, -0.2) is 9.97 Å². The highest BCUT2D eigenvalue weighted by Gasteiger charge is 2.20. The molecular weight excluding hydrogens is 287 g/mol. The Morgan fingerprint density at radius 3 is 2.58 bits per heavy atom. The molecule has 19 heavy (non-hydrogen) atoms. The van der Waals surface area contributed by atoms with Gasteiger partial charge in [-0.15, -0.1) is 0 Å². The first kappa shape index (κ1) is 14.0. The largest absolute Gasteiger partial charge is 0.426 e. The minimum atomic E-state index is -2.61. The van der Waals surface area contributed by atoms with E-state index in [9.17, 15) is 9.36 Å². The molecule has 0 atom stereocenters. The summed E-state index contributed by atoms with van der Waals surface area (Å²) >= 11 is 5.97. The number of aromatic nitrogens is 2. The van der Waals surface area contributed by atoms with Crippen molar-refractivity contribution in [2.75, 3.05) is 13.3 Å². The van der Waals surface area contributed by atoms with Gasteiger partial charge in [0.2, 0.25) is 0 Å². The minimum absolute atomic E-state index is 0.241. The second-order valence-corrected chi connectivity index (χ2v) is 7.99. The number of hydrogen-bond donors (Lipinski definition) is 0. The van der Waals surface area contributed by atoms with Crippen molar-refractivity contribution in [1.29, 1.82) is 0 Å². The summed E-state index contributed by atoms with van der Waals surface area (Å²) in [6, 6.07) is 3.18. The number of fused-ring (bicyclic) bond motifs is 1. The van der Waals surface area contributed by atoms with E-state index in [-0.39, 0.29) is 10.9 Å². The lowest BCUT2D eigenvalue weighted by Crippen LogP contribution is -2.13. The van der Waals surface area contributed by atoms with E-state index in [1.54, 1.807) is 25.5 Å². The SMILES string of the molecule is CC(=O)Oc1cc2c(Cl)ncnc2cc1P(C)(C)=O. The average molecular weight is 299 g/mol. The van der Waals surface area contributed by atoms with Crippen molar-refractivity contribution >= 4 is 40.9 Å². The summed E-state index contributed by atoms with van der Waals surface area (Å²) in [6.45, 7) is 4.49. The number of ether oxygens (including phenoxy) is 1. The van der Waals surface area contributed by atoms with Gasteiger partial charge in [0.05, 0.1) is 10.8 Å². The van der Waals surface area contributed by atoms with Crippen LogP contribution in [0.5, 0.6) is 5.75 Å². The highest BCUT2D eigenvalue weighted by Crippen LogP contribution is 2.40. The summed E-state index contributed by atoms with van der Waals surface area (Å²) in [4.78, 5) is 19.1. The fourth-order valence-corrected chi connectivity index (χ4v) is 2.97. The minimum Gasteiger partial charge on any atom is -0.426 e. The van der Waals surface area contributed by atoms with Gasteiger partial charge in [0, 0.05) is 12.3 Å². The maximum Gasteiger partial charge on any atom is 0.308 e. The summed E-state index contributed by atoms with van der Waals surface area (Å²) < 4.78 is 17.4. The second-order valence-electron chi connectivity index (χ2n) is 4.45. The maximum atomic E-state index is 12.3. The molecule has 1 aromatic carbocycles. The normalized spacial score (nSPS) is 11.6. The van der Waals surface area contributed by atoms with Crippen molar-refractivity contribution in [1.82, 2.24) is 9.97 Å². The Bertz CT molecular complexity index is 711. The molecule has 2 rings (SSSR count). The molecule has 5 nitrogen and oxygen atoms in total. The van der Waals surface area contributed by atoms with E-state index in [2.05, 4.69) is 9.97 Å². The molecule has 0 radical (unpaired) electrons. The second kappa shape index (κ2) is 4.91. The molecule has 0 bridgehead atoms. The summed E-state index contributed by atoms with van der Waals surface area (Å²) in [6.07, 6.45) is 1.33. The molecule has 0 saturated carbocycles. The zero-order valence-electron chi connectivity index (χ0n) is 10.7. The van der Waals surface area contributed by atoms with Crippen molar-refractivity contribution in [3.8, 4) is 5.75 Å². The molecule has 7 heteroatoms. The van der Waals surface area contributed by atoms with Crippen LogP contribution in [-0.4, -0.2) is 29.3 Å². The Morgan fingerprint density at radius 1 is 1.32 bits per heavy atom. The molecule has 0 aliphatic heterocycles. The van der Waals surface area contributed by atoms with Crippen LogP contribution in [0.2, 0.25) is 5.15 Å². The van der Waals surface area contributed by atoms with E-state index in [1.807, 2.05) is 0 Å². The predicted octanol–water partition coefficient (Wildman–Crippen LogP) is 2.46. The predicted molar refractivity (Wildman–Crippen MR) is 74.9 cm³/mol. The maximum absolute atomic E-state index is 12.3. The summed E-state index contributed by atoms with van der Waals surface area (Å²) in [5.74, 6) is -0.243. The van der Waals surface area contributed by atoms with E-state index in [4.69, 9.17) is 16.3 Å². The number of esters is 1. The van der Waals surface area contributed by atoms with Crippen LogP contribution in [0.1, 0.15) is 6.92 Å². The van der Waals surface area contributed by atoms with Crippen molar-refractivity contribution < 1.29 is 14.1 Å². The number of halogens is 1. The van der Waals surface area contributed by atoms with Gasteiger partial charge in [-0.1, -0.05) is 11.6 Å². The Labute approximate surface area is 115 Å². The third kappa shape index (κ3) is 2.94. The number of rotatable bonds is 2. The topological polar surface area (TPSA) is 69.2 Å². The summed E-state index contributed by atoms with van der Waals surface area (Å²) in [7, 11) is -2.61. The summed E-state index contributed by atoms with van der Waals surface area (Å²) in [5.41, 5.74) is 0.565. The Morgan fingerprint density at radius 2 is 2.00 bits per heavy atom. The molecule has 0 unspecified atom stereocenters. The molecule has 1 aromatic heterocycles. The molecular formula is C12H12ClN2O3P. The standard InChI is InChI=1S/C12H12ClN2O3P/c1-7(16)18-10-4-8-9(14-6-15-12(8)13)5-11(10)19(2,3)17/h4-6H,1-3H3. The van der Waals surface area contributed by atoms with Gasteiger partial charge >= 0.3 is 5.97 Å².